The molecule has 1 aromatic heterocycles. The normalized spacial score (nSPS) is 19.0. The predicted octanol–water partition coefficient (Wildman–Crippen LogP) is 0.708. The first-order valence-electron chi connectivity index (χ1n) is 7.80. The fraction of sp³-hybridized carbons (Fsp3) is 0.467. The van der Waals surface area contributed by atoms with Gasteiger partial charge in [-0.3, -0.25) is 4.79 Å². The third-order valence-corrected chi connectivity index (χ3v) is 6.91. The van der Waals surface area contributed by atoms with E-state index >= 15 is 0 Å². The van der Waals surface area contributed by atoms with Gasteiger partial charge in [-0.25, -0.2) is 8.42 Å². The van der Waals surface area contributed by atoms with Crippen molar-refractivity contribution in [3.8, 4) is 5.69 Å². The first-order chi connectivity index (χ1) is 11.9. The van der Waals surface area contributed by atoms with Crippen molar-refractivity contribution in [2.45, 2.75) is 24.5 Å². The summed E-state index contributed by atoms with van der Waals surface area (Å²) in [7, 11) is -1.37. The van der Waals surface area contributed by atoms with Crippen molar-refractivity contribution in [2.24, 2.45) is 0 Å². The van der Waals surface area contributed by atoms with E-state index in [0.717, 1.165) is 11.3 Å². The molecule has 1 aliphatic rings. The van der Waals surface area contributed by atoms with E-state index in [1.165, 1.54) is 16.7 Å². The summed E-state index contributed by atoms with van der Waals surface area (Å²) in [5.41, 5.74) is 1.88. The topological polar surface area (TPSA) is 98.1 Å². The number of hydrogen-bond acceptors (Lipinski definition) is 7. The lowest BCUT2D eigenvalue weighted by molar-refractivity contribution is -0.128. The predicted molar refractivity (Wildman–Crippen MR) is 94.4 cm³/mol. The Morgan fingerprint density at radius 2 is 2.16 bits per heavy atom. The van der Waals surface area contributed by atoms with Crippen LogP contribution in [-0.4, -0.2) is 69.8 Å². The van der Waals surface area contributed by atoms with E-state index in [0.29, 0.717) is 11.6 Å². The smallest absolute Gasteiger partial charge is 0.233 e. The average Bonchev–Trinajstić information content (AvgIpc) is 3.18. The molecule has 0 N–H and O–H groups in total. The van der Waals surface area contributed by atoms with Crippen LogP contribution < -0.4 is 0 Å². The number of hydrogen-bond donors (Lipinski definition) is 0. The Balaban J connectivity index is 1.66. The quantitative estimate of drug-likeness (QED) is 0.703. The molecular formula is C15H19N5O3S2. The van der Waals surface area contributed by atoms with Gasteiger partial charge in [-0.05, 0) is 35.4 Å². The zero-order valence-corrected chi connectivity index (χ0v) is 15.6. The van der Waals surface area contributed by atoms with Gasteiger partial charge in [0.05, 0.1) is 22.9 Å². The van der Waals surface area contributed by atoms with Crippen LogP contribution in [0, 0.1) is 6.92 Å². The van der Waals surface area contributed by atoms with E-state index in [-0.39, 0.29) is 29.2 Å². The number of aromatic nitrogens is 4. The minimum Gasteiger partial charge on any atom is -0.341 e. The maximum atomic E-state index is 12.4. The Morgan fingerprint density at radius 1 is 1.40 bits per heavy atom. The van der Waals surface area contributed by atoms with Gasteiger partial charge >= 0.3 is 0 Å². The minimum absolute atomic E-state index is 0.0425. The van der Waals surface area contributed by atoms with Crippen molar-refractivity contribution >= 4 is 27.5 Å². The molecule has 3 rings (SSSR count). The van der Waals surface area contributed by atoms with Crippen molar-refractivity contribution in [1.82, 2.24) is 25.1 Å². The van der Waals surface area contributed by atoms with Crippen molar-refractivity contribution in [1.29, 1.82) is 0 Å². The van der Waals surface area contributed by atoms with Gasteiger partial charge < -0.3 is 4.90 Å². The van der Waals surface area contributed by atoms with E-state index < -0.39 is 9.84 Å². The Hall–Kier alpha value is -1.94. The summed E-state index contributed by atoms with van der Waals surface area (Å²) in [6.45, 7) is 1.96. The summed E-state index contributed by atoms with van der Waals surface area (Å²) in [6, 6.07) is 7.46. The molecule has 1 fully saturated rings. The van der Waals surface area contributed by atoms with Crippen LogP contribution in [0.4, 0.5) is 0 Å². The average molecular weight is 381 g/mol. The van der Waals surface area contributed by atoms with Gasteiger partial charge in [-0.2, -0.15) is 4.68 Å². The molecule has 1 saturated heterocycles. The van der Waals surface area contributed by atoms with Crippen LogP contribution in [0.5, 0.6) is 0 Å². The number of carbonyl (C=O) groups excluding carboxylic acids is 1. The molecule has 0 spiro atoms. The Kier molecular flexibility index (Phi) is 5.09. The summed E-state index contributed by atoms with van der Waals surface area (Å²) in [4.78, 5) is 13.9. The second kappa shape index (κ2) is 7.12. The number of amides is 1. The molecule has 1 atom stereocenters. The number of nitrogens with zero attached hydrogens (tertiary/aromatic N) is 5. The first kappa shape index (κ1) is 17.9. The second-order valence-corrected chi connectivity index (χ2v) is 9.18. The number of benzene rings is 1. The van der Waals surface area contributed by atoms with Gasteiger partial charge in [0, 0.05) is 13.1 Å². The highest BCUT2D eigenvalue weighted by molar-refractivity contribution is 7.99. The van der Waals surface area contributed by atoms with Gasteiger partial charge in [0.1, 0.15) is 0 Å². The van der Waals surface area contributed by atoms with Crippen LogP contribution >= 0.6 is 11.8 Å². The van der Waals surface area contributed by atoms with Gasteiger partial charge in [0.2, 0.25) is 11.1 Å². The fourth-order valence-electron chi connectivity index (χ4n) is 2.73. The molecule has 10 heteroatoms. The molecule has 1 aliphatic heterocycles. The lowest BCUT2D eigenvalue weighted by Gasteiger charge is -2.23. The first-order valence-corrected chi connectivity index (χ1v) is 10.6. The van der Waals surface area contributed by atoms with Crippen molar-refractivity contribution in [3.05, 3.63) is 29.8 Å². The molecular weight excluding hydrogens is 362 g/mol. The maximum absolute atomic E-state index is 12.4. The Labute approximate surface area is 150 Å². The number of para-hydroxylation sites is 1. The zero-order chi connectivity index (χ0) is 18.0. The van der Waals surface area contributed by atoms with E-state index in [4.69, 9.17) is 0 Å². The van der Waals surface area contributed by atoms with Crippen molar-refractivity contribution in [2.75, 3.05) is 24.3 Å². The highest BCUT2D eigenvalue weighted by Gasteiger charge is 2.32. The van der Waals surface area contributed by atoms with Crippen LogP contribution in [0.15, 0.2) is 29.4 Å². The number of sulfone groups is 1. The van der Waals surface area contributed by atoms with Crippen LogP contribution in [0.3, 0.4) is 0 Å². The molecule has 0 saturated carbocycles. The molecule has 0 radical (unpaired) electrons. The Morgan fingerprint density at radius 3 is 2.84 bits per heavy atom. The highest BCUT2D eigenvalue weighted by atomic mass is 32.2. The lowest BCUT2D eigenvalue weighted by Crippen LogP contribution is -2.38. The molecule has 1 aromatic carbocycles. The van der Waals surface area contributed by atoms with E-state index in [2.05, 4.69) is 15.5 Å². The molecule has 8 nitrogen and oxygen atoms in total. The summed E-state index contributed by atoms with van der Waals surface area (Å²) in [5.74, 6) is 0.208. The van der Waals surface area contributed by atoms with E-state index in [1.54, 1.807) is 11.7 Å². The molecule has 25 heavy (non-hydrogen) atoms. The Bertz CT molecular complexity index is 881. The number of rotatable bonds is 5. The SMILES string of the molecule is Cc1ccccc1-n1nnnc1SCC(=O)N(C)[C@H]1CCS(=O)(=O)C1. The van der Waals surface area contributed by atoms with E-state index in [1.807, 2.05) is 31.2 Å². The summed E-state index contributed by atoms with van der Waals surface area (Å²) >= 11 is 1.24. The molecule has 0 aliphatic carbocycles. The molecule has 2 heterocycles. The van der Waals surface area contributed by atoms with Crippen LogP contribution in [0.2, 0.25) is 0 Å². The monoisotopic (exact) mass is 381 g/mol. The fourth-order valence-corrected chi connectivity index (χ4v) is 5.32. The zero-order valence-electron chi connectivity index (χ0n) is 14.0. The molecule has 134 valence electrons. The standard InChI is InChI=1S/C15H19N5O3S2/c1-11-5-3-4-6-13(11)20-15(16-17-18-20)24-9-14(21)19(2)12-7-8-25(22,23)10-12/h3-6,12H,7-10H2,1-2H3/t12-/m0/s1. The number of tetrazole rings is 1. The summed E-state index contributed by atoms with van der Waals surface area (Å²) in [6.07, 6.45) is 0.496. The molecule has 0 bridgehead atoms. The van der Waals surface area contributed by atoms with Gasteiger partial charge in [-0.15, -0.1) is 5.10 Å². The largest absolute Gasteiger partial charge is 0.341 e. The van der Waals surface area contributed by atoms with Crippen LogP contribution in [0.1, 0.15) is 12.0 Å². The van der Waals surface area contributed by atoms with Gasteiger partial charge in [0.15, 0.2) is 9.84 Å². The summed E-state index contributed by atoms with van der Waals surface area (Å²) < 4.78 is 24.8. The lowest BCUT2D eigenvalue weighted by atomic mass is 10.2. The van der Waals surface area contributed by atoms with Gasteiger partial charge in [-0.1, -0.05) is 30.0 Å². The third-order valence-electron chi connectivity index (χ3n) is 4.26. The van der Waals surface area contributed by atoms with Gasteiger partial charge in [0.25, 0.3) is 0 Å². The van der Waals surface area contributed by atoms with Crippen molar-refractivity contribution in [3.63, 3.8) is 0 Å². The summed E-state index contributed by atoms with van der Waals surface area (Å²) in [5, 5.41) is 12.2. The van der Waals surface area contributed by atoms with Crippen LogP contribution in [0.25, 0.3) is 5.69 Å². The number of aryl methyl sites for hydroxylation is 1. The maximum Gasteiger partial charge on any atom is 0.233 e. The van der Waals surface area contributed by atoms with Crippen molar-refractivity contribution < 1.29 is 13.2 Å². The molecule has 2 aromatic rings. The molecule has 0 unspecified atom stereocenters. The number of thioether (sulfide) groups is 1. The number of carbonyl (C=O) groups is 1. The van der Waals surface area contributed by atoms with E-state index in [9.17, 15) is 13.2 Å². The second-order valence-electron chi connectivity index (χ2n) is 6.01. The van der Waals surface area contributed by atoms with Crippen LogP contribution in [-0.2, 0) is 14.6 Å². The molecule has 1 amide bonds. The minimum atomic E-state index is -3.02. The highest BCUT2D eigenvalue weighted by Crippen LogP contribution is 2.22. The third kappa shape index (κ3) is 4.01.